The second-order valence-electron chi connectivity index (χ2n) is 7.42. The Balaban J connectivity index is 2.63. The van der Waals surface area contributed by atoms with Crippen molar-refractivity contribution in [3.8, 4) is 5.75 Å². The van der Waals surface area contributed by atoms with Crippen molar-refractivity contribution in [1.29, 1.82) is 0 Å². The Morgan fingerprint density at radius 1 is 0.846 bits per heavy atom. The first-order valence-electron chi connectivity index (χ1n) is 10.5. The number of benzene rings is 1. The minimum absolute atomic E-state index is 0.383. The zero-order valence-electron chi connectivity index (χ0n) is 17.0. The van der Waals surface area contributed by atoms with E-state index in [0.717, 1.165) is 31.2 Å². The minimum atomic E-state index is -3.58. The fourth-order valence-corrected chi connectivity index (χ4v) is 4.67. The van der Waals surface area contributed by atoms with Crippen LogP contribution in [0.4, 0.5) is 0 Å². The summed E-state index contributed by atoms with van der Waals surface area (Å²) in [6.45, 7) is 6.33. The summed E-state index contributed by atoms with van der Waals surface area (Å²) >= 11 is 0. The van der Waals surface area contributed by atoms with E-state index in [2.05, 4.69) is 13.8 Å². The highest BCUT2D eigenvalue weighted by Gasteiger charge is 2.26. The van der Waals surface area contributed by atoms with E-state index in [0.29, 0.717) is 18.6 Å². The van der Waals surface area contributed by atoms with Gasteiger partial charge in [-0.25, -0.2) is 0 Å². The average molecular weight is 383 g/mol. The maximum absolute atomic E-state index is 12.8. The molecule has 1 aromatic carbocycles. The zero-order valence-corrected chi connectivity index (χ0v) is 17.8. The van der Waals surface area contributed by atoms with E-state index in [1.807, 2.05) is 19.1 Å². The van der Waals surface area contributed by atoms with Crippen LogP contribution in [0.2, 0.25) is 0 Å². The van der Waals surface area contributed by atoms with Gasteiger partial charge in [-0.2, -0.15) is 8.42 Å². The molecule has 0 unspecified atom stereocenters. The zero-order chi connectivity index (χ0) is 19.3. The van der Waals surface area contributed by atoms with Gasteiger partial charge in [-0.05, 0) is 37.5 Å². The van der Waals surface area contributed by atoms with Gasteiger partial charge in [0.15, 0.2) is 0 Å². The van der Waals surface area contributed by atoms with Gasteiger partial charge in [0.25, 0.3) is 0 Å². The fourth-order valence-electron chi connectivity index (χ4n) is 3.25. The summed E-state index contributed by atoms with van der Waals surface area (Å²) < 4.78 is 31.1. The number of aryl methyl sites for hydroxylation is 1. The van der Waals surface area contributed by atoms with Gasteiger partial charge < -0.3 is 4.18 Å². The van der Waals surface area contributed by atoms with Crippen LogP contribution in [0.15, 0.2) is 24.3 Å². The van der Waals surface area contributed by atoms with E-state index in [1.54, 1.807) is 12.1 Å². The number of unbranched alkanes of at least 4 members (excludes halogenated alkanes) is 8. The molecule has 0 aliphatic heterocycles. The Morgan fingerprint density at radius 2 is 1.38 bits per heavy atom. The molecule has 0 aliphatic rings. The molecule has 0 saturated carbocycles. The molecule has 0 amide bonds. The van der Waals surface area contributed by atoms with Crippen molar-refractivity contribution < 1.29 is 12.6 Å². The van der Waals surface area contributed by atoms with E-state index in [-0.39, 0.29) is 5.25 Å². The summed E-state index contributed by atoms with van der Waals surface area (Å²) in [4.78, 5) is 0. The molecule has 0 heterocycles. The summed E-state index contributed by atoms with van der Waals surface area (Å²) in [5.41, 5.74) is 1.01. The molecule has 0 aromatic heterocycles. The van der Waals surface area contributed by atoms with Crippen molar-refractivity contribution in [2.24, 2.45) is 0 Å². The highest BCUT2D eigenvalue weighted by Crippen LogP contribution is 2.23. The standard InChI is InChI=1S/C22H38O3S/c1-4-6-8-10-12-17-22(18-13-11-9-7-5-2)26(23,24)25-21-16-14-15-20(3)19-21/h14-16,19,22H,4-13,17-18H2,1-3H3. The van der Waals surface area contributed by atoms with Crippen LogP contribution in [0.1, 0.15) is 96.5 Å². The second-order valence-corrected chi connectivity index (χ2v) is 9.24. The fraction of sp³-hybridized carbons (Fsp3) is 0.727. The molecule has 4 heteroatoms. The van der Waals surface area contributed by atoms with Crippen LogP contribution >= 0.6 is 0 Å². The van der Waals surface area contributed by atoms with Gasteiger partial charge in [-0.15, -0.1) is 0 Å². The Morgan fingerprint density at radius 3 is 1.88 bits per heavy atom. The Labute approximate surface area is 161 Å². The number of hydrogen-bond acceptors (Lipinski definition) is 3. The molecule has 0 saturated heterocycles. The molecule has 1 rings (SSSR count). The van der Waals surface area contributed by atoms with Crippen LogP contribution in [-0.2, 0) is 10.1 Å². The second kappa shape index (κ2) is 13.2. The molecule has 0 spiro atoms. The maximum atomic E-state index is 12.8. The molecule has 0 aliphatic carbocycles. The van der Waals surface area contributed by atoms with Gasteiger partial charge in [0.05, 0.1) is 5.25 Å². The highest BCUT2D eigenvalue weighted by atomic mass is 32.2. The van der Waals surface area contributed by atoms with Crippen LogP contribution in [0, 0.1) is 6.92 Å². The molecule has 0 N–H and O–H groups in total. The van der Waals surface area contributed by atoms with Gasteiger partial charge in [-0.1, -0.05) is 90.2 Å². The lowest BCUT2D eigenvalue weighted by Gasteiger charge is -2.18. The van der Waals surface area contributed by atoms with Crippen LogP contribution in [0.25, 0.3) is 0 Å². The van der Waals surface area contributed by atoms with E-state index in [9.17, 15) is 8.42 Å². The summed E-state index contributed by atoms with van der Waals surface area (Å²) in [7, 11) is -3.58. The first kappa shape index (κ1) is 23.0. The molecule has 0 atom stereocenters. The van der Waals surface area contributed by atoms with Crippen molar-refractivity contribution in [1.82, 2.24) is 0 Å². The van der Waals surface area contributed by atoms with Crippen molar-refractivity contribution in [2.75, 3.05) is 0 Å². The van der Waals surface area contributed by atoms with Crippen LogP contribution < -0.4 is 4.18 Å². The van der Waals surface area contributed by atoms with Gasteiger partial charge in [-0.3, -0.25) is 0 Å². The van der Waals surface area contributed by atoms with Gasteiger partial charge >= 0.3 is 10.1 Å². The van der Waals surface area contributed by atoms with E-state index < -0.39 is 10.1 Å². The molecule has 3 nitrogen and oxygen atoms in total. The SMILES string of the molecule is CCCCCCCC(CCCCCCC)S(=O)(=O)Oc1cccc(C)c1. The Bertz CT molecular complexity index is 567. The lowest BCUT2D eigenvalue weighted by atomic mass is 10.0. The van der Waals surface area contributed by atoms with Crippen LogP contribution in [-0.4, -0.2) is 13.7 Å². The maximum Gasteiger partial charge on any atom is 0.312 e. The van der Waals surface area contributed by atoms with E-state index in [1.165, 1.54) is 38.5 Å². The Kier molecular flexibility index (Phi) is 11.7. The quantitative estimate of drug-likeness (QED) is 0.248. The number of hydrogen-bond donors (Lipinski definition) is 0. The third kappa shape index (κ3) is 9.61. The predicted octanol–water partition coefficient (Wildman–Crippen LogP) is 6.79. The Hall–Kier alpha value is -1.03. The van der Waals surface area contributed by atoms with Crippen molar-refractivity contribution in [2.45, 2.75) is 103 Å². The average Bonchev–Trinajstić information content (AvgIpc) is 2.59. The summed E-state index contributed by atoms with van der Waals surface area (Å²) in [6.07, 6.45) is 12.8. The molecule has 1 aromatic rings. The van der Waals surface area contributed by atoms with Crippen molar-refractivity contribution >= 4 is 10.1 Å². The van der Waals surface area contributed by atoms with Crippen molar-refractivity contribution in [3.63, 3.8) is 0 Å². The minimum Gasteiger partial charge on any atom is -0.382 e. The van der Waals surface area contributed by atoms with E-state index >= 15 is 0 Å². The summed E-state index contributed by atoms with van der Waals surface area (Å²) in [5, 5.41) is -0.383. The van der Waals surface area contributed by atoms with Crippen LogP contribution in [0.3, 0.4) is 0 Å². The molecule has 26 heavy (non-hydrogen) atoms. The molecular weight excluding hydrogens is 344 g/mol. The third-order valence-corrected chi connectivity index (χ3v) is 6.58. The molecular formula is C22H38O3S. The van der Waals surface area contributed by atoms with E-state index in [4.69, 9.17) is 4.18 Å². The summed E-state index contributed by atoms with van der Waals surface area (Å²) in [5.74, 6) is 0.437. The lowest BCUT2D eigenvalue weighted by Crippen LogP contribution is -2.26. The van der Waals surface area contributed by atoms with Gasteiger partial charge in [0.2, 0.25) is 0 Å². The lowest BCUT2D eigenvalue weighted by molar-refractivity contribution is 0.447. The molecule has 150 valence electrons. The molecule has 0 radical (unpaired) electrons. The number of rotatable bonds is 15. The van der Waals surface area contributed by atoms with Gasteiger partial charge in [0.1, 0.15) is 5.75 Å². The normalized spacial score (nSPS) is 11.8. The predicted molar refractivity (Wildman–Crippen MR) is 111 cm³/mol. The van der Waals surface area contributed by atoms with Gasteiger partial charge in [0, 0.05) is 0 Å². The third-order valence-electron chi connectivity index (χ3n) is 4.87. The first-order chi connectivity index (χ1) is 12.5. The van der Waals surface area contributed by atoms with Crippen LogP contribution in [0.5, 0.6) is 5.75 Å². The first-order valence-corrected chi connectivity index (χ1v) is 12.0. The largest absolute Gasteiger partial charge is 0.382 e. The molecule has 0 fully saturated rings. The molecule has 0 bridgehead atoms. The monoisotopic (exact) mass is 382 g/mol. The topological polar surface area (TPSA) is 43.4 Å². The van der Waals surface area contributed by atoms with Crippen molar-refractivity contribution in [3.05, 3.63) is 29.8 Å². The summed E-state index contributed by atoms with van der Waals surface area (Å²) in [6, 6.07) is 7.30. The smallest absolute Gasteiger partial charge is 0.312 e. The highest BCUT2D eigenvalue weighted by molar-refractivity contribution is 7.87.